The molecule has 2 aromatic rings. The van der Waals surface area contributed by atoms with Crippen LogP contribution in [0.25, 0.3) is 11.3 Å². The van der Waals surface area contributed by atoms with E-state index < -0.39 is 0 Å². The fourth-order valence-corrected chi connectivity index (χ4v) is 4.05. The highest BCUT2D eigenvalue weighted by Gasteiger charge is 2.20. The summed E-state index contributed by atoms with van der Waals surface area (Å²) in [5, 5.41) is 4.58. The van der Waals surface area contributed by atoms with Crippen molar-refractivity contribution in [3.05, 3.63) is 30.5 Å². The van der Waals surface area contributed by atoms with Gasteiger partial charge in [0.1, 0.15) is 0 Å². The highest BCUT2D eigenvalue weighted by molar-refractivity contribution is 5.64. The van der Waals surface area contributed by atoms with E-state index in [1.165, 1.54) is 32.1 Å². The number of ether oxygens (including phenoxy) is 3. The topological polar surface area (TPSA) is 45.5 Å². The molecule has 1 saturated carbocycles. The molecule has 1 aliphatic heterocycles. The van der Waals surface area contributed by atoms with E-state index in [1.807, 2.05) is 12.3 Å². The van der Waals surface area contributed by atoms with Crippen LogP contribution >= 0.6 is 0 Å². The quantitative estimate of drug-likeness (QED) is 0.755. The van der Waals surface area contributed by atoms with Crippen molar-refractivity contribution in [2.75, 3.05) is 13.7 Å². The lowest BCUT2D eigenvalue weighted by molar-refractivity contribution is -0.0402. The van der Waals surface area contributed by atoms with Crippen LogP contribution in [0.3, 0.4) is 0 Å². The molecule has 0 radical (unpaired) electrons. The number of benzene rings is 1. The Hall–Kier alpha value is -2.01. The molecule has 1 saturated heterocycles. The van der Waals surface area contributed by atoms with Crippen molar-refractivity contribution in [3.63, 3.8) is 0 Å². The maximum atomic E-state index is 6.05. The molecule has 5 nitrogen and oxygen atoms in total. The molecule has 5 heteroatoms. The van der Waals surface area contributed by atoms with E-state index >= 15 is 0 Å². The lowest BCUT2D eigenvalue weighted by Gasteiger charge is -2.22. The Balaban J connectivity index is 1.56. The van der Waals surface area contributed by atoms with E-state index in [1.54, 1.807) is 7.11 Å². The lowest BCUT2D eigenvalue weighted by Crippen LogP contribution is -2.16. The summed E-state index contributed by atoms with van der Waals surface area (Å²) in [6, 6.07) is 8.18. The van der Waals surface area contributed by atoms with Gasteiger partial charge in [-0.1, -0.05) is 19.3 Å². The van der Waals surface area contributed by atoms with E-state index in [-0.39, 0.29) is 6.29 Å². The third kappa shape index (κ3) is 3.88. The largest absolute Gasteiger partial charge is 0.493 e. The summed E-state index contributed by atoms with van der Waals surface area (Å²) in [5.41, 5.74) is 2.24. The number of hydrogen-bond acceptors (Lipinski definition) is 4. The molecule has 1 atom stereocenters. The zero-order valence-corrected chi connectivity index (χ0v) is 15.5. The summed E-state index contributed by atoms with van der Waals surface area (Å²) < 4.78 is 19.3. The smallest absolute Gasteiger partial charge is 0.200 e. The van der Waals surface area contributed by atoms with Crippen LogP contribution in [0.4, 0.5) is 0 Å². The van der Waals surface area contributed by atoms with Crippen LogP contribution < -0.4 is 9.47 Å². The highest BCUT2D eigenvalue weighted by Crippen LogP contribution is 2.35. The van der Waals surface area contributed by atoms with Crippen molar-refractivity contribution < 1.29 is 14.2 Å². The van der Waals surface area contributed by atoms with Crippen molar-refractivity contribution >= 4 is 0 Å². The molecule has 0 N–H and O–H groups in total. The van der Waals surface area contributed by atoms with Gasteiger partial charge in [-0.2, -0.15) is 5.10 Å². The van der Waals surface area contributed by atoms with Gasteiger partial charge < -0.3 is 14.2 Å². The zero-order chi connectivity index (χ0) is 17.8. The van der Waals surface area contributed by atoms with Crippen molar-refractivity contribution in [3.8, 4) is 22.8 Å². The molecular weight excluding hydrogens is 328 g/mol. The Morgan fingerprint density at radius 2 is 1.96 bits per heavy atom. The molecule has 1 aromatic heterocycles. The summed E-state index contributed by atoms with van der Waals surface area (Å²) >= 11 is 0. The van der Waals surface area contributed by atoms with Gasteiger partial charge in [0.25, 0.3) is 0 Å². The van der Waals surface area contributed by atoms with Crippen molar-refractivity contribution in [1.82, 2.24) is 9.78 Å². The normalized spacial score (nSPS) is 21.0. The molecule has 2 heterocycles. The van der Waals surface area contributed by atoms with Gasteiger partial charge in [-0.3, -0.25) is 4.68 Å². The fourth-order valence-electron chi connectivity index (χ4n) is 4.05. The monoisotopic (exact) mass is 356 g/mol. The van der Waals surface area contributed by atoms with Crippen LogP contribution in [0.5, 0.6) is 11.5 Å². The predicted octanol–water partition coefficient (Wildman–Crippen LogP) is 4.65. The van der Waals surface area contributed by atoms with Gasteiger partial charge >= 0.3 is 0 Å². The van der Waals surface area contributed by atoms with Crippen LogP contribution in [0.1, 0.15) is 44.9 Å². The SMILES string of the molecule is COc1ccc(-c2ccnn2CC2CCCCC2)cc1OC1CCCO1. The zero-order valence-electron chi connectivity index (χ0n) is 15.5. The van der Waals surface area contributed by atoms with Gasteiger partial charge in [0.15, 0.2) is 17.8 Å². The van der Waals surface area contributed by atoms with E-state index in [9.17, 15) is 0 Å². The van der Waals surface area contributed by atoms with Crippen molar-refractivity contribution in [2.45, 2.75) is 57.8 Å². The molecule has 1 aliphatic carbocycles. The molecule has 0 bridgehead atoms. The van der Waals surface area contributed by atoms with Crippen molar-refractivity contribution in [1.29, 1.82) is 0 Å². The van der Waals surface area contributed by atoms with E-state index in [2.05, 4.69) is 28.0 Å². The van der Waals surface area contributed by atoms with Crippen LogP contribution in [-0.2, 0) is 11.3 Å². The maximum Gasteiger partial charge on any atom is 0.200 e. The van der Waals surface area contributed by atoms with Gasteiger partial charge in [0.05, 0.1) is 19.4 Å². The number of hydrogen-bond donors (Lipinski definition) is 0. The second-order valence-corrected chi connectivity index (χ2v) is 7.33. The molecule has 26 heavy (non-hydrogen) atoms. The third-order valence-electron chi connectivity index (χ3n) is 5.48. The standard InChI is InChI=1S/C21H28N2O3/c1-24-19-10-9-17(14-20(19)26-21-8-5-13-25-21)18-11-12-22-23(18)15-16-6-3-2-4-7-16/h9-12,14,16,21H,2-8,13,15H2,1H3. The Morgan fingerprint density at radius 3 is 2.73 bits per heavy atom. The minimum absolute atomic E-state index is 0.175. The summed E-state index contributed by atoms with van der Waals surface area (Å²) in [7, 11) is 1.67. The minimum Gasteiger partial charge on any atom is -0.493 e. The summed E-state index contributed by atoms with van der Waals surface area (Å²) in [4.78, 5) is 0. The van der Waals surface area contributed by atoms with Gasteiger partial charge in [-0.15, -0.1) is 0 Å². The Kier molecular flexibility index (Phi) is 5.44. The molecule has 1 aromatic carbocycles. The summed E-state index contributed by atoms with van der Waals surface area (Å²) in [6.07, 6.45) is 10.4. The van der Waals surface area contributed by atoms with E-state index in [0.29, 0.717) is 0 Å². The molecule has 4 rings (SSSR count). The second-order valence-electron chi connectivity index (χ2n) is 7.33. The molecular formula is C21H28N2O3. The average Bonchev–Trinajstić information content (AvgIpc) is 3.35. The van der Waals surface area contributed by atoms with Crippen LogP contribution in [-0.4, -0.2) is 29.8 Å². The predicted molar refractivity (Wildman–Crippen MR) is 100 cm³/mol. The van der Waals surface area contributed by atoms with Gasteiger partial charge in [-0.05, 0) is 49.4 Å². The number of rotatable bonds is 6. The van der Waals surface area contributed by atoms with Gasteiger partial charge in [0.2, 0.25) is 0 Å². The Bertz CT molecular complexity index is 716. The first kappa shape index (κ1) is 17.4. The highest BCUT2D eigenvalue weighted by atomic mass is 16.7. The number of methoxy groups -OCH3 is 1. The fraction of sp³-hybridized carbons (Fsp3) is 0.571. The molecule has 0 spiro atoms. The van der Waals surface area contributed by atoms with E-state index in [0.717, 1.165) is 54.7 Å². The van der Waals surface area contributed by atoms with Gasteiger partial charge in [0, 0.05) is 24.7 Å². The second kappa shape index (κ2) is 8.12. The number of aromatic nitrogens is 2. The molecule has 1 unspecified atom stereocenters. The Morgan fingerprint density at radius 1 is 1.08 bits per heavy atom. The molecule has 140 valence electrons. The lowest BCUT2D eigenvalue weighted by atomic mass is 9.89. The van der Waals surface area contributed by atoms with Crippen LogP contribution in [0.2, 0.25) is 0 Å². The molecule has 2 aliphatic rings. The number of nitrogens with zero attached hydrogens (tertiary/aromatic N) is 2. The average molecular weight is 356 g/mol. The minimum atomic E-state index is -0.175. The molecule has 2 fully saturated rings. The van der Waals surface area contributed by atoms with Crippen LogP contribution in [0, 0.1) is 5.92 Å². The van der Waals surface area contributed by atoms with Gasteiger partial charge in [-0.25, -0.2) is 0 Å². The van der Waals surface area contributed by atoms with Crippen LogP contribution in [0.15, 0.2) is 30.5 Å². The Labute approximate surface area is 155 Å². The summed E-state index contributed by atoms with van der Waals surface area (Å²) in [5.74, 6) is 2.22. The first-order valence-electron chi connectivity index (χ1n) is 9.82. The van der Waals surface area contributed by atoms with Crippen molar-refractivity contribution in [2.24, 2.45) is 5.92 Å². The van der Waals surface area contributed by atoms with E-state index in [4.69, 9.17) is 14.2 Å². The molecule has 0 amide bonds. The third-order valence-corrected chi connectivity index (χ3v) is 5.48. The first-order chi connectivity index (χ1) is 12.8. The summed E-state index contributed by atoms with van der Waals surface area (Å²) in [6.45, 7) is 1.76. The maximum absolute atomic E-state index is 6.05. The first-order valence-corrected chi connectivity index (χ1v) is 9.82.